The molecule has 0 amide bonds. The molecule has 0 saturated heterocycles. The van der Waals surface area contributed by atoms with Gasteiger partial charge in [0.25, 0.3) is 0 Å². The molecule has 0 atom stereocenters. The van der Waals surface area contributed by atoms with Crippen molar-refractivity contribution in [1.82, 2.24) is 4.90 Å². The molecule has 0 aliphatic heterocycles. The van der Waals surface area contributed by atoms with E-state index in [2.05, 4.69) is 25.1 Å². The largest absolute Gasteiger partial charge is 0.306 e. The zero-order chi connectivity index (χ0) is 9.11. The Morgan fingerprint density at radius 2 is 1.73 bits per heavy atom. The van der Waals surface area contributed by atoms with Gasteiger partial charge in [-0.15, -0.1) is 0 Å². The van der Waals surface area contributed by atoms with Crippen LogP contribution in [0.4, 0.5) is 0 Å². The third-order valence-electron chi connectivity index (χ3n) is 1.28. The summed E-state index contributed by atoms with van der Waals surface area (Å²) in [5, 5.41) is 0. The van der Waals surface area contributed by atoms with E-state index in [4.69, 9.17) is 0 Å². The van der Waals surface area contributed by atoms with Crippen molar-refractivity contribution < 1.29 is 0 Å². The molecule has 0 unspecified atom stereocenters. The Balaban J connectivity index is 0. The van der Waals surface area contributed by atoms with Crippen LogP contribution < -0.4 is 0 Å². The Morgan fingerprint density at radius 3 is 2.09 bits per heavy atom. The number of hydrogen-bond acceptors (Lipinski definition) is 2. The van der Waals surface area contributed by atoms with Crippen molar-refractivity contribution in [1.29, 1.82) is 0 Å². The van der Waals surface area contributed by atoms with Crippen LogP contribution in [-0.4, -0.2) is 37.0 Å². The van der Waals surface area contributed by atoms with E-state index in [1.165, 1.54) is 25.3 Å². The van der Waals surface area contributed by atoms with Gasteiger partial charge in [0.05, 0.1) is 0 Å². The lowest BCUT2D eigenvalue weighted by Gasteiger charge is -2.13. The zero-order valence-corrected chi connectivity index (χ0v) is 9.50. The van der Waals surface area contributed by atoms with Gasteiger partial charge in [-0.05, 0) is 26.3 Å². The molecule has 0 aliphatic rings. The van der Waals surface area contributed by atoms with Gasteiger partial charge in [0.15, 0.2) is 0 Å². The first kappa shape index (κ1) is 13.9. The van der Waals surface area contributed by atoms with E-state index >= 15 is 0 Å². The van der Waals surface area contributed by atoms with Crippen molar-refractivity contribution >= 4 is 11.8 Å². The van der Waals surface area contributed by atoms with Gasteiger partial charge < -0.3 is 4.90 Å². The van der Waals surface area contributed by atoms with Crippen LogP contribution >= 0.6 is 11.8 Å². The molecule has 1 nitrogen and oxygen atoms in total. The first-order valence-electron chi connectivity index (χ1n) is 4.48. The fraction of sp³-hybridized carbons (Fsp3) is 1.00. The maximum Gasteiger partial charge on any atom is 0.00692 e. The van der Waals surface area contributed by atoms with Crippen LogP contribution in [0.2, 0.25) is 0 Å². The molecule has 0 aromatic heterocycles. The summed E-state index contributed by atoms with van der Waals surface area (Å²) in [6.07, 6.45) is 3.42. The summed E-state index contributed by atoms with van der Waals surface area (Å²) in [6.45, 7) is 8.69. The van der Waals surface area contributed by atoms with Crippen LogP contribution in [0.25, 0.3) is 0 Å². The minimum atomic E-state index is 1.23. The van der Waals surface area contributed by atoms with Gasteiger partial charge in [0.1, 0.15) is 0 Å². The highest BCUT2D eigenvalue weighted by molar-refractivity contribution is 7.98. The van der Waals surface area contributed by atoms with Crippen LogP contribution in [0, 0.1) is 0 Å². The predicted octanol–water partition coefficient (Wildman–Crippen LogP) is 2.72. The van der Waals surface area contributed by atoms with E-state index in [1.54, 1.807) is 0 Å². The summed E-state index contributed by atoms with van der Waals surface area (Å²) >= 11 is 1.91. The second kappa shape index (κ2) is 12.9. The van der Waals surface area contributed by atoms with Crippen molar-refractivity contribution in [2.75, 3.05) is 32.1 Å². The van der Waals surface area contributed by atoms with Crippen LogP contribution in [0.1, 0.15) is 27.2 Å². The lowest BCUT2D eigenvalue weighted by Crippen LogP contribution is -2.21. The maximum atomic E-state index is 2.37. The molecule has 11 heavy (non-hydrogen) atoms. The standard InChI is InChI=1S/C7H17NS.C2H6/c1-4-5-8(2)6-7-9-3;1-2/h4-7H2,1-3H3;1-2H3. The minimum Gasteiger partial charge on any atom is -0.306 e. The lowest BCUT2D eigenvalue weighted by atomic mass is 10.4. The van der Waals surface area contributed by atoms with Gasteiger partial charge >= 0.3 is 0 Å². The van der Waals surface area contributed by atoms with E-state index < -0.39 is 0 Å². The van der Waals surface area contributed by atoms with Gasteiger partial charge in [-0.2, -0.15) is 11.8 Å². The molecule has 0 saturated carbocycles. The van der Waals surface area contributed by atoms with Crippen molar-refractivity contribution in [3.63, 3.8) is 0 Å². The van der Waals surface area contributed by atoms with Crippen molar-refractivity contribution in [2.45, 2.75) is 27.2 Å². The quantitative estimate of drug-likeness (QED) is 0.635. The number of nitrogens with zero attached hydrogens (tertiary/aromatic N) is 1. The lowest BCUT2D eigenvalue weighted by molar-refractivity contribution is 0.356. The first-order valence-corrected chi connectivity index (χ1v) is 5.88. The van der Waals surface area contributed by atoms with E-state index in [0.717, 1.165) is 0 Å². The van der Waals surface area contributed by atoms with Crippen LogP contribution in [-0.2, 0) is 0 Å². The second-order valence-corrected chi connectivity index (χ2v) is 3.28. The Kier molecular flexibility index (Phi) is 16.3. The molecule has 0 radical (unpaired) electrons. The fourth-order valence-electron chi connectivity index (χ4n) is 0.741. The second-order valence-electron chi connectivity index (χ2n) is 2.30. The average Bonchev–Trinajstić information content (AvgIpc) is 2.05. The Morgan fingerprint density at radius 1 is 1.18 bits per heavy atom. The summed E-state index contributed by atoms with van der Waals surface area (Å²) in [7, 11) is 2.18. The van der Waals surface area contributed by atoms with E-state index in [0.29, 0.717) is 0 Å². The molecule has 0 aromatic carbocycles. The van der Waals surface area contributed by atoms with Gasteiger partial charge in [-0.3, -0.25) is 0 Å². The first-order chi connectivity index (χ1) is 5.31. The molecule has 0 aromatic rings. The monoisotopic (exact) mass is 177 g/mol. The predicted molar refractivity (Wildman–Crippen MR) is 57.5 cm³/mol. The SMILES string of the molecule is CC.CCCN(C)CCSC. The minimum absolute atomic E-state index is 1.23. The number of thioether (sulfide) groups is 1. The third kappa shape index (κ3) is 13.3. The van der Waals surface area contributed by atoms with E-state index in [1.807, 2.05) is 25.6 Å². The molecule has 0 fully saturated rings. The van der Waals surface area contributed by atoms with E-state index in [9.17, 15) is 0 Å². The van der Waals surface area contributed by atoms with Crippen molar-refractivity contribution in [2.24, 2.45) is 0 Å². The van der Waals surface area contributed by atoms with Crippen molar-refractivity contribution in [3.8, 4) is 0 Å². The zero-order valence-electron chi connectivity index (χ0n) is 8.68. The molecule has 2 heteroatoms. The van der Waals surface area contributed by atoms with E-state index in [-0.39, 0.29) is 0 Å². The van der Waals surface area contributed by atoms with Crippen LogP contribution in [0.3, 0.4) is 0 Å². The molecular formula is C9H23NS. The highest BCUT2D eigenvalue weighted by Gasteiger charge is 1.92. The summed E-state index contributed by atoms with van der Waals surface area (Å²) in [5.74, 6) is 1.26. The van der Waals surface area contributed by atoms with Crippen LogP contribution in [0.5, 0.6) is 0 Å². The normalized spacial score (nSPS) is 9.27. The van der Waals surface area contributed by atoms with Gasteiger partial charge in [0.2, 0.25) is 0 Å². The molecule has 0 bridgehead atoms. The Hall–Kier alpha value is 0.310. The molecule has 0 aliphatic carbocycles. The average molecular weight is 177 g/mol. The number of hydrogen-bond donors (Lipinski definition) is 0. The molecule has 0 spiro atoms. The number of rotatable bonds is 5. The molecule has 0 N–H and O–H groups in total. The Labute approximate surface area is 76.5 Å². The Bertz CT molecular complexity index is 57.5. The van der Waals surface area contributed by atoms with Crippen molar-refractivity contribution in [3.05, 3.63) is 0 Å². The molecule has 70 valence electrons. The summed E-state index contributed by atoms with van der Waals surface area (Å²) < 4.78 is 0. The summed E-state index contributed by atoms with van der Waals surface area (Å²) in [6, 6.07) is 0. The van der Waals surface area contributed by atoms with Gasteiger partial charge in [-0.1, -0.05) is 20.8 Å². The molecular weight excluding hydrogens is 154 g/mol. The van der Waals surface area contributed by atoms with Gasteiger partial charge in [0, 0.05) is 12.3 Å². The smallest absolute Gasteiger partial charge is 0.00692 e. The van der Waals surface area contributed by atoms with Crippen LogP contribution in [0.15, 0.2) is 0 Å². The fourth-order valence-corrected chi connectivity index (χ4v) is 1.23. The maximum absolute atomic E-state index is 2.37. The molecule has 0 heterocycles. The topological polar surface area (TPSA) is 3.24 Å². The highest BCUT2D eigenvalue weighted by atomic mass is 32.2. The summed E-state index contributed by atoms with van der Waals surface area (Å²) in [4.78, 5) is 2.37. The summed E-state index contributed by atoms with van der Waals surface area (Å²) in [5.41, 5.74) is 0. The van der Waals surface area contributed by atoms with Gasteiger partial charge in [-0.25, -0.2) is 0 Å². The molecule has 0 rings (SSSR count). The highest BCUT2D eigenvalue weighted by Crippen LogP contribution is 1.93. The third-order valence-corrected chi connectivity index (χ3v) is 1.87.